The smallest absolute Gasteiger partial charge is 0.267 e. The third-order valence-electron chi connectivity index (χ3n) is 5.24. The molecule has 1 aromatic rings. The van der Waals surface area contributed by atoms with E-state index in [9.17, 15) is 22.8 Å². The van der Waals surface area contributed by atoms with Gasteiger partial charge in [0.25, 0.3) is 5.91 Å². The van der Waals surface area contributed by atoms with Gasteiger partial charge in [-0.1, -0.05) is 12.8 Å². The maximum Gasteiger partial charge on any atom is 0.267 e. The molecule has 1 aliphatic heterocycles. The topological polar surface area (TPSA) is 58.6 Å². The van der Waals surface area contributed by atoms with E-state index in [0.717, 1.165) is 25.7 Å². The molecule has 1 fully saturated rings. The molecule has 5 nitrogen and oxygen atoms in total. The van der Waals surface area contributed by atoms with Crippen molar-refractivity contribution < 1.29 is 27.5 Å². The van der Waals surface area contributed by atoms with Gasteiger partial charge in [-0.05, 0) is 33.6 Å². The number of benzene rings is 1. The van der Waals surface area contributed by atoms with Crippen LogP contribution in [0.1, 0.15) is 46.5 Å². The van der Waals surface area contributed by atoms with Gasteiger partial charge in [-0.2, -0.15) is 0 Å². The van der Waals surface area contributed by atoms with Crippen molar-refractivity contribution in [2.75, 3.05) is 12.0 Å². The number of carbonyl (C=O) groups excluding carboxylic acids is 2. The Morgan fingerprint density at radius 2 is 1.79 bits per heavy atom. The first kappa shape index (κ1) is 21.5. The maximum absolute atomic E-state index is 13.9. The van der Waals surface area contributed by atoms with E-state index in [2.05, 4.69) is 5.32 Å². The second-order valence-corrected chi connectivity index (χ2v) is 8.99. The van der Waals surface area contributed by atoms with E-state index in [4.69, 9.17) is 4.74 Å². The van der Waals surface area contributed by atoms with E-state index >= 15 is 0 Å². The van der Waals surface area contributed by atoms with Gasteiger partial charge in [0.15, 0.2) is 18.4 Å². The number of nitrogens with zero attached hydrogens (tertiary/aromatic N) is 1. The van der Waals surface area contributed by atoms with Crippen LogP contribution in [0.2, 0.25) is 0 Å². The number of hydrogen-bond acceptors (Lipinski definition) is 4. The number of thioether (sulfide) groups is 1. The molecule has 2 aliphatic rings. The van der Waals surface area contributed by atoms with Crippen LogP contribution in [-0.4, -0.2) is 34.2 Å². The minimum Gasteiger partial charge on any atom is -0.476 e. The lowest BCUT2D eigenvalue weighted by atomic mass is 10.0. The number of anilines is 1. The summed E-state index contributed by atoms with van der Waals surface area (Å²) in [6, 6.07) is 0.925. The molecule has 0 saturated heterocycles. The molecule has 0 unspecified atom stereocenters. The van der Waals surface area contributed by atoms with Gasteiger partial charge in [0, 0.05) is 17.4 Å². The largest absolute Gasteiger partial charge is 0.476 e. The van der Waals surface area contributed by atoms with Crippen LogP contribution in [-0.2, 0) is 14.3 Å². The molecule has 0 spiro atoms. The molecule has 1 aromatic carbocycles. The molecule has 1 saturated carbocycles. The molecule has 158 valence electrons. The SMILES string of the molecule is CC1=C(SC2CCCC2)C(=O)N(C(C)(C)C(=O)Nc2cc(F)c(F)cc2F)CO1. The highest BCUT2D eigenvalue weighted by Gasteiger charge is 2.43. The number of ether oxygens (including phenoxy) is 1. The Morgan fingerprint density at radius 3 is 2.45 bits per heavy atom. The van der Waals surface area contributed by atoms with E-state index in [-0.39, 0.29) is 12.6 Å². The summed E-state index contributed by atoms with van der Waals surface area (Å²) in [6.07, 6.45) is 4.29. The Bertz CT molecular complexity index is 867. The highest BCUT2D eigenvalue weighted by Crippen LogP contribution is 2.39. The fraction of sp³-hybridized carbons (Fsp3) is 0.500. The Labute approximate surface area is 171 Å². The minimum atomic E-state index is -1.42. The molecule has 0 atom stereocenters. The average molecular weight is 428 g/mol. The molecule has 1 heterocycles. The highest BCUT2D eigenvalue weighted by molar-refractivity contribution is 8.04. The Balaban J connectivity index is 1.78. The number of nitrogens with one attached hydrogen (secondary N) is 1. The normalized spacial score (nSPS) is 18.3. The maximum atomic E-state index is 13.9. The second kappa shape index (κ2) is 8.30. The van der Waals surface area contributed by atoms with E-state index in [1.165, 1.54) is 30.5 Å². The standard InChI is InChI=1S/C20H23F3N2O3S/c1-11-17(29-12-6-4-5-7-12)18(26)25(10-28-11)20(2,3)19(27)24-16-9-14(22)13(21)8-15(16)23/h8-9,12H,4-7,10H2,1-3H3,(H,24,27). The van der Waals surface area contributed by atoms with Crippen molar-refractivity contribution in [3.8, 4) is 0 Å². The summed E-state index contributed by atoms with van der Waals surface area (Å²) in [5, 5.41) is 2.58. The number of carbonyl (C=O) groups is 2. The van der Waals surface area contributed by atoms with Crippen molar-refractivity contribution in [3.63, 3.8) is 0 Å². The summed E-state index contributed by atoms with van der Waals surface area (Å²) in [4.78, 5) is 27.6. The van der Waals surface area contributed by atoms with Gasteiger partial charge in [0.05, 0.1) is 5.69 Å². The molecule has 29 heavy (non-hydrogen) atoms. The Morgan fingerprint density at radius 1 is 1.17 bits per heavy atom. The summed E-state index contributed by atoms with van der Waals surface area (Å²) in [7, 11) is 0. The van der Waals surface area contributed by atoms with Gasteiger partial charge in [-0.15, -0.1) is 11.8 Å². The molecule has 0 bridgehead atoms. The van der Waals surface area contributed by atoms with E-state index in [1.807, 2.05) is 0 Å². The van der Waals surface area contributed by atoms with E-state index in [1.54, 1.807) is 6.92 Å². The van der Waals surface area contributed by atoms with Crippen molar-refractivity contribution in [2.45, 2.75) is 57.2 Å². The van der Waals surface area contributed by atoms with Gasteiger partial charge >= 0.3 is 0 Å². The fourth-order valence-electron chi connectivity index (χ4n) is 3.30. The van der Waals surface area contributed by atoms with Crippen molar-refractivity contribution in [2.24, 2.45) is 0 Å². The average Bonchev–Trinajstić information content (AvgIpc) is 3.16. The predicted octanol–water partition coefficient (Wildman–Crippen LogP) is 4.54. The number of halogens is 3. The van der Waals surface area contributed by atoms with Gasteiger partial charge in [0.2, 0.25) is 5.91 Å². The van der Waals surface area contributed by atoms with Crippen LogP contribution in [0.15, 0.2) is 22.8 Å². The number of rotatable bonds is 5. The van der Waals surface area contributed by atoms with E-state index < -0.39 is 34.6 Å². The minimum absolute atomic E-state index is 0.139. The third kappa shape index (κ3) is 4.39. The second-order valence-electron chi connectivity index (χ2n) is 7.68. The van der Waals surface area contributed by atoms with Crippen molar-refractivity contribution in [1.82, 2.24) is 4.90 Å². The molecule has 1 aliphatic carbocycles. The lowest BCUT2D eigenvalue weighted by Gasteiger charge is -2.40. The molecule has 3 rings (SSSR count). The monoisotopic (exact) mass is 428 g/mol. The first-order chi connectivity index (χ1) is 13.6. The first-order valence-electron chi connectivity index (χ1n) is 9.39. The lowest BCUT2D eigenvalue weighted by Crippen LogP contribution is -2.57. The summed E-state index contributed by atoms with van der Waals surface area (Å²) >= 11 is 1.47. The number of allylic oxidation sites excluding steroid dienone is 1. The molecular formula is C20H23F3N2O3S. The lowest BCUT2D eigenvalue weighted by molar-refractivity contribution is -0.148. The van der Waals surface area contributed by atoms with Crippen molar-refractivity contribution in [3.05, 3.63) is 40.2 Å². The Hall–Kier alpha value is -2.16. The molecule has 2 amide bonds. The zero-order valence-electron chi connectivity index (χ0n) is 16.5. The van der Waals surface area contributed by atoms with Gasteiger partial charge < -0.3 is 10.1 Å². The zero-order chi connectivity index (χ0) is 21.3. The van der Waals surface area contributed by atoms with Crippen molar-refractivity contribution in [1.29, 1.82) is 0 Å². The van der Waals surface area contributed by atoms with Crippen molar-refractivity contribution >= 4 is 29.3 Å². The van der Waals surface area contributed by atoms with Crippen LogP contribution < -0.4 is 5.32 Å². The van der Waals surface area contributed by atoms with Crippen LogP contribution in [0.3, 0.4) is 0 Å². The molecule has 9 heteroatoms. The van der Waals surface area contributed by atoms with E-state index in [0.29, 0.717) is 28.0 Å². The molecule has 1 N–H and O–H groups in total. The molecule has 0 aromatic heterocycles. The fourth-order valence-corrected chi connectivity index (χ4v) is 4.63. The van der Waals surface area contributed by atoms with Crippen LogP contribution >= 0.6 is 11.8 Å². The molecule has 0 radical (unpaired) electrons. The van der Waals surface area contributed by atoms with Gasteiger partial charge in [-0.25, -0.2) is 13.2 Å². The number of amides is 2. The zero-order valence-corrected chi connectivity index (χ0v) is 17.3. The van der Waals surface area contributed by atoms with Gasteiger partial charge in [-0.3, -0.25) is 14.5 Å². The first-order valence-corrected chi connectivity index (χ1v) is 10.3. The molecular weight excluding hydrogens is 405 g/mol. The van der Waals surface area contributed by atoms with Crippen LogP contribution in [0, 0.1) is 17.5 Å². The van der Waals surface area contributed by atoms with Gasteiger partial charge in [0.1, 0.15) is 22.0 Å². The summed E-state index contributed by atoms with van der Waals surface area (Å²) in [5.41, 5.74) is -1.92. The van der Waals surface area contributed by atoms with Crippen LogP contribution in [0.4, 0.5) is 18.9 Å². The van der Waals surface area contributed by atoms with Crippen LogP contribution in [0.25, 0.3) is 0 Å². The highest BCUT2D eigenvalue weighted by atomic mass is 32.2. The number of hydrogen-bond donors (Lipinski definition) is 1. The third-order valence-corrected chi connectivity index (χ3v) is 6.75. The summed E-state index contributed by atoms with van der Waals surface area (Å²) < 4.78 is 46.1. The summed E-state index contributed by atoms with van der Waals surface area (Å²) in [5.74, 6) is -4.31. The van der Waals surface area contributed by atoms with Crippen LogP contribution in [0.5, 0.6) is 0 Å². The summed E-state index contributed by atoms with van der Waals surface area (Å²) in [6.45, 7) is 4.55. The Kier molecular flexibility index (Phi) is 6.16. The predicted molar refractivity (Wildman–Crippen MR) is 104 cm³/mol. The quantitative estimate of drug-likeness (QED) is 0.700.